The first-order valence-corrected chi connectivity index (χ1v) is 7.50. The van der Waals surface area contributed by atoms with Crippen molar-refractivity contribution in [2.45, 2.75) is 19.8 Å². The minimum atomic E-state index is 0.813. The highest BCUT2D eigenvalue weighted by Crippen LogP contribution is 2.37. The summed E-state index contributed by atoms with van der Waals surface area (Å²) in [6.45, 7) is 3.02. The van der Waals surface area contributed by atoms with Gasteiger partial charge >= 0.3 is 0 Å². The fourth-order valence-electron chi connectivity index (χ4n) is 1.44. The molecular weight excluding hydrogens is 274 g/mol. The van der Waals surface area contributed by atoms with Crippen molar-refractivity contribution in [3.05, 3.63) is 21.0 Å². The molecule has 0 spiro atoms. The van der Waals surface area contributed by atoms with Crippen LogP contribution in [-0.4, -0.2) is 23.8 Å². The molecule has 0 aromatic carbocycles. The van der Waals surface area contributed by atoms with Crippen LogP contribution in [0.15, 0.2) is 5.38 Å². The number of aryl methyl sites for hydroxylation is 2. The molecule has 0 aliphatic rings. The van der Waals surface area contributed by atoms with Crippen LogP contribution in [0, 0.1) is 6.92 Å². The molecule has 2 rings (SSSR count). The van der Waals surface area contributed by atoms with Crippen molar-refractivity contribution >= 4 is 34.3 Å². The largest absolute Gasteiger partial charge is 0.320 e. The van der Waals surface area contributed by atoms with Crippen molar-refractivity contribution in [3.8, 4) is 9.88 Å². The third-order valence-corrected chi connectivity index (χ3v) is 5.21. The summed E-state index contributed by atoms with van der Waals surface area (Å²) in [5.41, 5.74) is 1.11. The van der Waals surface area contributed by atoms with Crippen LogP contribution in [-0.2, 0) is 6.42 Å². The van der Waals surface area contributed by atoms with Gasteiger partial charge in [-0.05, 0) is 37.9 Å². The van der Waals surface area contributed by atoms with Crippen LogP contribution in [0.4, 0.5) is 0 Å². The highest BCUT2D eigenvalue weighted by Gasteiger charge is 2.13. The first-order chi connectivity index (χ1) is 8.22. The zero-order chi connectivity index (χ0) is 12.3. The summed E-state index contributed by atoms with van der Waals surface area (Å²) in [6, 6.07) is 0. The molecule has 0 radical (unpaired) electrons. The van der Waals surface area contributed by atoms with E-state index < -0.39 is 0 Å². The van der Waals surface area contributed by atoms with E-state index in [4.69, 9.17) is 11.6 Å². The number of hydrogen-bond acceptors (Lipinski definition) is 5. The molecule has 2 aromatic rings. The molecule has 92 valence electrons. The van der Waals surface area contributed by atoms with Gasteiger partial charge in [0.15, 0.2) is 5.01 Å². The van der Waals surface area contributed by atoms with Gasteiger partial charge in [0, 0.05) is 6.42 Å². The molecule has 0 aliphatic carbocycles. The smallest absolute Gasteiger partial charge is 0.159 e. The first-order valence-electron chi connectivity index (χ1n) is 5.43. The van der Waals surface area contributed by atoms with Gasteiger partial charge in [-0.2, -0.15) is 0 Å². The lowest BCUT2D eigenvalue weighted by Gasteiger charge is -1.94. The highest BCUT2D eigenvalue weighted by atomic mass is 35.5. The van der Waals surface area contributed by atoms with Crippen molar-refractivity contribution in [1.82, 2.24) is 15.5 Å². The zero-order valence-electron chi connectivity index (χ0n) is 9.79. The van der Waals surface area contributed by atoms with Gasteiger partial charge in [0.1, 0.15) is 5.01 Å². The van der Waals surface area contributed by atoms with Gasteiger partial charge in [0.05, 0.1) is 9.90 Å². The van der Waals surface area contributed by atoms with Crippen LogP contribution >= 0.6 is 34.3 Å². The van der Waals surface area contributed by atoms with E-state index in [1.165, 1.54) is 0 Å². The second-order valence-electron chi connectivity index (χ2n) is 3.77. The SMILES string of the molecule is CNCCCc1nnc(-c2scc(C)c2Cl)s1. The predicted molar refractivity (Wildman–Crippen MR) is 75.2 cm³/mol. The third-order valence-electron chi connectivity index (χ3n) is 2.38. The number of nitrogens with one attached hydrogen (secondary N) is 1. The quantitative estimate of drug-likeness (QED) is 0.857. The maximum atomic E-state index is 6.22. The average Bonchev–Trinajstić information content (AvgIpc) is 2.89. The van der Waals surface area contributed by atoms with Crippen LogP contribution in [0.3, 0.4) is 0 Å². The molecule has 0 saturated heterocycles. The summed E-state index contributed by atoms with van der Waals surface area (Å²) >= 11 is 9.49. The summed E-state index contributed by atoms with van der Waals surface area (Å²) < 4.78 is 0. The van der Waals surface area contributed by atoms with Crippen LogP contribution in [0.1, 0.15) is 17.0 Å². The molecule has 0 saturated carbocycles. The maximum absolute atomic E-state index is 6.22. The molecule has 0 fully saturated rings. The molecule has 0 amide bonds. The Bertz CT molecular complexity index is 493. The monoisotopic (exact) mass is 287 g/mol. The molecule has 3 nitrogen and oxygen atoms in total. The minimum absolute atomic E-state index is 0.813. The molecule has 6 heteroatoms. The van der Waals surface area contributed by atoms with Crippen LogP contribution in [0.2, 0.25) is 5.02 Å². The molecule has 17 heavy (non-hydrogen) atoms. The Morgan fingerprint density at radius 2 is 2.24 bits per heavy atom. The number of aromatic nitrogens is 2. The van der Waals surface area contributed by atoms with E-state index in [0.29, 0.717) is 0 Å². The van der Waals surface area contributed by atoms with Gasteiger partial charge in [0.2, 0.25) is 0 Å². The Hall–Kier alpha value is -0.490. The lowest BCUT2D eigenvalue weighted by molar-refractivity contribution is 0.718. The summed E-state index contributed by atoms with van der Waals surface area (Å²) in [7, 11) is 1.96. The van der Waals surface area contributed by atoms with E-state index in [0.717, 1.165) is 44.9 Å². The van der Waals surface area contributed by atoms with E-state index in [1.54, 1.807) is 22.7 Å². The molecule has 0 bridgehead atoms. The van der Waals surface area contributed by atoms with E-state index in [-0.39, 0.29) is 0 Å². The Kier molecular flexibility index (Phi) is 4.50. The van der Waals surface area contributed by atoms with Gasteiger partial charge in [-0.3, -0.25) is 0 Å². The van der Waals surface area contributed by atoms with Gasteiger partial charge in [-0.15, -0.1) is 21.5 Å². The number of nitrogens with zero attached hydrogens (tertiary/aromatic N) is 2. The van der Waals surface area contributed by atoms with Crippen molar-refractivity contribution in [2.24, 2.45) is 0 Å². The van der Waals surface area contributed by atoms with E-state index in [2.05, 4.69) is 20.9 Å². The molecule has 2 heterocycles. The molecule has 0 unspecified atom stereocenters. The predicted octanol–water partition coefficient (Wildman–Crippen LogP) is 3.38. The molecule has 1 N–H and O–H groups in total. The second-order valence-corrected chi connectivity index (χ2v) is 6.09. The topological polar surface area (TPSA) is 37.8 Å². The normalized spacial score (nSPS) is 11.0. The van der Waals surface area contributed by atoms with Crippen LogP contribution in [0.25, 0.3) is 9.88 Å². The van der Waals surface area contributed by atoms with E-state index >= 15 is 0 Å². The lowest BCUT2D eigenvalue weighted by atomic mass is 10.3. The van der Waals surface area contributed by atoms with E-state index in [9.17, 15) is 0 Å². The van der Waals surface area contributed by atoms with Crippen LogP contribution < -0.4 is 5.32 Å². The fraction of sp³-hybridized carbons (Fsp3) is 0.455. The van der Waals surface area contributed by atoms with Crippen molar-refractivity contribution < 1.29 is 0 Å². The Morgan fingerprint density at radius 1 is 1.41 bits per heavy atom. The van der Waals surface area contributed by atoms with Gasteiger partial charge in [0.25, 0.3) is 0 Å². The lowest BCUT2D eigenvalue weighted by Crippen LogP contribution is -2.08. The van der Waals surface area contributed by atoms with Crippen LogP contribution in [0.5, 0.6) is 0 Å². The Labute approximate surface area is 114 Å². The summed E-state index contributed by atoms with van der Waals surface area (Å²) in [5, 5.41) is 16.4. The fourth-order valence-corrected chi connectivity index (χ4v) is 3.75. The van der Waals surface area contributed by atoms with Gasteiger partial charge in [-0.1, -0.05) is 22.9 Å². The summed E-state index contributed by atoms with van der Waals surface area (Å²) in [4.78, 5) is 1.04. The number of rotatable bonds is 5. The van der Waals surface area contributed by atoms with E-state index in [1.807, 2.05) is 14.0 Å². The second kappa shape index (κ2) is 5.91. The maximum Gasteiger partial charge on any atom is 0.159 e. The van der Waals surface area contributed by atoms with Crippen molar-refractivity contribution in [2.75, 3.05) is 13.6 Å². The van der Waals surface area contributed by atoms with Crippen molar-refractivity contribution in [1.29, 1.82) is 0 Å². The average molecular weight is 288 g/mol. The zero-order valence-corrected chi connectivity index (χ0v) is 12.2. The number of hydrogen-bond donors (Lipinski definition) is 1. The Balaban J connectivity index is 2.10. The summed E-state index contributed by atoms with van der Waals surface area (Å²) in [6.07, 6.45) is 2.06. The summed E-state index contributed by atoms with van der Waals surface area (Å²) in [5.74, 6) is 0. The molecule has 2 aromatic heterocycles. The van der Waals surface area contributed by atoms with Gasteiger partial charge < -0.3 is 5.32 Å². The first kappa shape index (κ1) is 13.0. The molecule has 0 atom stereocenters. The highest BCUT2D eigenvalue weighted by molar-refractivity contribution is 7.21. The number of thiophene rings is 1. The standard InChI is InChI=1S/C11H14ClN3S2/c1-7-6-16-10(9(7)12)11-15-14-8(17-11)4-3-5-13-2/h6,13H,3-5H2,1-2H3. The molecular formula is C11H14ClN3S2. The van der Waals surface area contributed by atoms with Gasteiger partial charge in [-0.25, -0.2) is 0 Å². The number of halogens is 1. The molecule has 0 aliphatic heterocycles. The Morgan fingerprint density at radius 3 is 2.88 bits per heavy atom. The third kappa shape index (κ3) is 3.04. The van der Waals surface area contributed by atoms with Crippen molar-refractivity contribution in [3.63, 3.8) is 0 Å². The minimum Gasteiger partial charge on any atom is -0.320 e.